The molecular weight excluding hydrogens is 1420 g/mol. The summed E-state index contributed by atoms with van der Waals surface area (Å²) < 4.78 is 27.9. The zero-order valence-electron chi connectivity index (χ0n) is 60.8. The molecule has 542 valence electrons. The van der Waals surface area contributed by atoms with Gasteiger partial charge < -0.3 is 28.1 Å². The number of hydrogen-bond acceptors (Lipinski definition) is 13. The number of carbonyl (C=O) groups is 4. The molecule has 0 saturated heterocycles. The number of rotatable bonds is 20. The first-order chi connectivity index (χ1) is 56.0. The Bertz CT molecular complexity index is 6200. The topological polar surface area (TPSA) is 206 Å². The van der Waals surface area contributed by atoms with Crippen LogP contribution in [0.1, 0.15) is 74.8 Å². The molecule has 17 rings (SSSR count). The number of ether oxygens (including phenoxy) is 4. The Hall–Kier alpha value is -16.0. The molecule has 3 aromatic heterocycles. The van der Waals surface area contributed by atoms with Crippen LogP contribution in [0.4, 0.5) is 5.69 Å². The van der Waals surface area contributed by atoms with Crippen LogP contribution in [0.25, 0.3) is 127 Å². The maximum atomic E-state index is 14.3. The minimum Gasteiger partial charge on any atom is -0.457 e. The van der Waals surface area contributed by atoms with Crippen molar-refractivity contribution in [3.63, 3.8) is 0 Å². The van der Waals surface area contributed by atoms with E-state index in [1.165, 1.54) is 0 Å². The van der Waals surface area contributed by atoms with Crippen LogP contribution in [0.5, 0.6) is 0 Å². The first kappa shape index (κ1) is 71.0. The van der Waals surface area contributed by atoms with E-state index in [2.05, 4.69) is 26.1 Å². The lowest BCUT2D eigenvalue weighted by Gasteiger charge is -2.18. The van der Waals surface area contributed by atoms with Crippen molar-refractivity contribution in [2.75, 3.05) is 0 Å². The summed E-state index contributed by atoms with van der Waals surface area (Å²) >= 11 is 0. The van der Waals surface area contributed by atoms with E-state index in [9.17, 15) is 29.7 Å². The number of hydrogen-bond donors (Lipinski definition) is 0. The molecule has 16 heteroatoms. The minimum absolute atomic E-state index is 0.0298. The van der Waals surface area contributed by atoms with E-state index in [4.69, 9.17) is 40.5 Å². The molecule has 0 fully saturated rings. The second-order valence-corrected chi connectivity index (χ2v) is 27.2. The van der Waals surface area contributed by atoms with Gasteiger partial charge in [-0.25, -0.2) is 39.0 Å². The van der Waals surface area contributed by atoms with E-state index in [-0.39, 0.29) is 66.2 Å². The molecule has 17 aromatic rings. The zero-order valence-corrected chi connectivity index (χ0v) is 60.8. The summed E-state index contributed by atoms with van der Waals surface area (Å²) in [7, 11) is 0. The maximum absolute atomic E-state index is 14.3. The molecule has 0 aliphatic carbocycles. The van der Waals surface area contributed by atoms with Crippen molar-refractivity contribution >= 4 is 73.2 Å². The highest BCUT2D eigenvalue weighted by Crippen LogP contribution is 2.43. The third-order valence-electron chi connectivity index (χ3n) is 20.0. The van der Waals surface area contributed by atoms with Crippen LogP contribution in [0, 0.1) is 29.2 Å². The van der Waals surface area contributed by atoms with Crippen LogP contribution in [0.3, 0.4) is 0 Å². The molecule has 0 atom stereocenters. The summed E-state index contributed by atoms with van der Waals surface area (Å²) in [6.45, 7) is 7.75. The van der Waals surface area contributed by atoms with E-state index in [1.807, 2.05) is 255 Å². The van der Waals surface area contributed by atoms with Gasteiger partial charge in [0.1, 0.15) is 26.4 Å². The lowest BCUT2D eigenvalue weighted by atomic mass is 9.99. The Balaban J connectivity index is 0.900. The van der Waals surface area contributed by atoms with Gasteiger partial charge in [-0.1, -0.05) is 206 Å². The summed E-state index contributed by atoms with van der Waals surface area (Å²) in [5, 5.41) is 23.1. The van der Waals surface area contributed by atoms with Crippen molar-refractivity contribution in [2.45, 2.75) is 26.4 Å². The third-order valence-corrected chi connectivity index (χ3v) is 20.0. The van der Waals surface area contributed by atoms with E-state index < -0.39 is 23.9 Å². The van der Waals surface area contributed by atoms with Crippen LogP contribution >= 0.6 is 0 Å². The van der Waals surface area contributed by atoms with Crippen LogP contribution in [-0.2, 0) is 45.4 Å². The first-order valence-electron chi connectivity index (χ1n) is 36.6. The predicted molar refractivity (Wildman–Crippen MR) is 439 cm³/mol. The zero-order chi connectivity index (χ0) is 77.6. The van der Waals surface area contributed by atoms with E-state index >= 15 is 0 Å². The van der Waals surface area contributed by atoms with Crippen LogP contribution in [0.2, 0.25) is 0 Å². The average molecular weight is 1480 g/mol. The number of carbonyl (C=O) groups excluding carboxylic acids is 4. The quantitative estimate of drug-likeness (QED) is 0.0396. The Morgan fingerprint density at radius 2 is 0.605 bits per heavy atom. The molecule has 0 N–H and O–H groups in total. The average Bonchev–Trinajstić information content (AvgIpc) is 1.53. The van der Waals surface area contributed by atoms with Crippen molar-refractivity contribution in [1.29, 1.82) is 10.5 Å². The summed E-state index contributed by atoms with van der Waals surface area (Å²) in [5.74, 6) is -1.54. The molecular formula is C98H62N8O8. The highest BCUT2D eigenvalue weighted by Gasteiger charge is 2.27. The van der Waals surface area contributed by atoms with Gasteiger partial charge >= 0.3 is 23.9 Å². The van der Waals surface area contributed by atoms with Gasteiger partial charge in [-0.3, -0.25) is 0 Å². The minimum atomic E-state index is -0.562. The molecule has 0 spiro atoms. The molecule has 114 heavy (non-hydrogen) atoms. The Kier molecular flexibility index (Phi) is 19.5. The molecule has 0 aliphatic rings. The van der Waals surface area contributed by atoms with Gasteiger partial charge in [-0.15, -0.1) is 0 Å². The number of benzene rings is 14. The Morgan fingerprint density at radius 3 is 0.930 bits per heavy atom. The first-order valence-corrected chi connectivity index (χ1v) is 36.6. The molecule has 14 aromatic carbocycles. The van der Waals surface area contributed by atoms with Crippen LogP contribution in [-0.4, -0.2) is 48.0 Å². The molecule has 0 saturated carbocycles. The second-order valence-electron chi connectivity index (χ2n) is 27.2. The van der Waals surface area contributed by atoms with Gasteiger partial charge in [-0.05, 0) is 177 Å². The third kappa shape index (κ3) is 14.6. The van der Waals surface area contributed by atoms with Gasteiger partial charge in [0, 0.05) is 38.2 Å². The molecule has 0 bridgehead atoms. The lowest BCUT2D eigenvalue weighted by molar-refractivity contribution is 0.0464. The van der Waals surface area contributed by atoms with Gasteiger partial charge in [0.25, 0.3) is 0 Å². The lowest BCUT2D eigenvalue weighted by Crippen LogP contribution is -2.07. The van der Waals surface area contributed by atoms with E-state index in [0.29, 0.717) is 88.5 Å². The fraction of sp³-hybridized carbons (Fsp3) is 0.0408. The van der Waals surface area contributed by atoms with Gasteiger partial charge in [0.2, 0.25) is 0 Å². The molecule has 3 heterocycles. The molecule has 0 amide bonds. The molecule has 0 unspecified atom stereocenters. The van der Waals surface area contributed by atoms with Crippen molar-refractivity contribution in [3.8, 4) is 91.1 Å². The highest BCUT2D eigenvalue weighted by molar-refractivity contribution is 6.15. The highest BCUT2D eigenvalue weighted by atomic mass is 16.5. The largest absolute Gasteiger partial charge is 0.457 e. The normalized spacial score (nSPS) is 11.1. The summed E-state index contributed by atoms with van der Waals surface area (Å²) in [6, 6.07) is 105. The summed E-state index contributed by atoms with van der Waals surface area (Å²) in [5.41, 5.74) is 15.6. The monoisotopic (exact) mass is 1480 g/mol. The second kappa shape index (κ2) is 31.3. The number of aromatic nitrogens is 5. The van der Waals surface area contributed by atoms with Crippen molar-refractivity contribution in [3.05, 3.63) is 395 Å². The van der Waals surface area contributed by atoms with Gasteiger partial charge in [-0.2, -0.15) is 10.5 Å². The summed E-state index contributed by atoms with van der Waals surface area (Å²) in [6.07, 6.45) is 0. The standard InChI is InChI=1S/C98H62N8O8/c1-101-79-40-32-69(33-41-79)68-28-30-70(31-29-68)92-102-93(80-42-34-73(71-26-14-24-66(48-71)56-99)54-90(80)105-86-44-36-75(95(107)111-58-62-16-6-2-7-17-62)50-82(86)83-51-76(37-45-87(83)105)96(108)112-59-63-18-8-3-9-19-63)104-94(103-92)81-43-35-74(72-27-15-25-67(49-72)57-100)55-91(81)106-88-46-38-77(97(109)113-60-64-20-10-4-11-21-64)52-84(88)85-53-78(39-47-89(85)106)98(110)114-61-65-22-12-5-13-23-65/h2-55H,58-61H2. The van der Waals surface area contributed by atoms with Crippen molar-refractivity contribution in [1.82, 2.24) is 24.1 Å². The summed E-state index contributed by atoms with van der Waals surface area (Å²) in [4.78, 5) is 77.5. The van der Waals surface area contributed by atoms with Crippen molar-refractivity contribution < 1.29 is 38.1 Å². The molecule has 16 nitrogen and oxygen atoms in total. The number of nitrogens with zero attached hydrogens (tertiary/aromatic N) is 8. The Labute approximate surface area is 654 Å². The maximum Gasteiger partial charge on any atom is 0.338 e. The fourth-order valence-electron chi connectivity index (χ4n) is 14.3. The number of nitriles is 2. The van der Waals surface area contributed by atoms with Gasteiger partial charge in [0.05, 0.1) is 85.5 Å². The number of esters is 4. The molecule has 0 aliphatic heterocycles. The number of fused-ring (bicyclic) bond motifs is 6. The van der Waals surface area contributed by atoms with Crippen LogP contribution < -0.4 is 0 Å². The fourth-order valence-corrected chi connectivity index (χ4v) is 14.3. The van der Waals surface area contributed by atoms with Crippen molar-refractivity contribution in [2.24, 2.45) is 0 Å². The SMILES string of the molecule is [C-]#[N+]c1ccc(-c2ccc(-c3nc(-c4ccc(-c5cccc(C#N)c5)cc4-n4c5ccc(C(=O)OCc6ccccc6)cc5c5cc(C(=O)OCc6ccccc6)ccc54)nc(-c4ccc(-c5cccc(C#N)c5)cc4-n4c5ccc(C(=O)OCc6ccccc6)cc5c5cc(C(=O)OCc6ccccc6)ccc54)n3)cc2)cc1. The van der Waals surface area contributed by atoms with Crippen LogP contribution in [0.15, 0.2) is 328 Å². The van der Waals surface area contributed by atoms with E-state index in [1.54, 1.807) is 72.8 Å². The van der Waals surface area contributed by atoms with Gasteiger partial charge in [0.15, 0.2) is 23.2 Å². The molecule has 0 radical (unpaired) electrons. The smallest absolute Gasteiger partial charge is 0.338 e. The Morgan fingerprint density at radius 1 is 0.307 bits per heavy atom. The van der Waals surface area contributed by atoms with E-state index in [0.717, 1.165) is 55.6 Å². The predicted octanol–water partition coefficient (Wildman–Crippen LogP) is 21.8.